The molecule has 2 rings (SSSR count). The molecule has 0 amide bonds. The SMILES string of the molecule is CC(C)OC1(C)c2ccccc2C=CC1OCCCCl. The van der Waals surface area contributed by atoms with Crippen LogP contribution in [0.15, 0.2) is 30.3 Å². The van der Waals surface area contributed by atoms with Gasteiger partial charge in [-0.25, -0.2) is 0 Å². The van der Waals surface area contributed by atoms with Gasteiger partial charge >= 0.3 is 0 Å². The third kappa shape index (κ3) is 3.25. The zero-order chi connectivity index (χ0) is 14.6. The monoisotopic (exact) mass is 294 g/mol. The van der Waals surface area contributed by atoms with Gasteiger partial charge < -0.3 is 9.47 Å². The minimum atomic E-state index is -0.453. The van der Waals surface area contributed by atoms with Crippen molar-refractivity contribution in [2.75, 3.05) is 12.5 Å². The summed E-state index contributed by atoms with van der Waals surface area (Å²) >= 11 is 5.73. The van der Waals surface area contributed by atoms with Gasteiger partial charge in [-0.05, 0) is 38.3 Å². The van der Waals surface area contributed by atoms with Crippen molar-refractivity contribution in [3.8, 4) is 0 Å². The number of hydrogen-bond acceptors (Lipinski definition) is 2. The zero-order valence-corrected chi connectivity index (χ0v) is 13.2. The molecule has 1 aromatic rings. The lowest BCUT2D eigenvalue weighted by molar-refractivity contribution is -0.147. The standard InChI is InChI=1S/C17H23ClO2/c1-13(2)20-17(3)15-8-5-4-7-14(15)9-10-16(17)19-12-6-11-18/h4-5,7-10,13,16H,6,11-12H2,1-3H3. The maximum atomic E-state index is 6.24. The van der Waals surface area contributed by atoms with Crippen molar-refractivity contribution >= 4 is 17.7 Å². The van der Waals surface area contributed by atoms with Crippen LogP contribution in [-0.4, -0.2) is 24.7 Å². The molecule has 110 valence electrons. The Hall–Kier alpha value is -0.830. The molecule has 0 saturated carbocycles. The average Bonchev–Trinajstić information content (AvgIpc) is 2.41. The van der Waals surface area contributed by atoms with Gasteiger partial charge in [-0.1, -0.05) is 36.4 Å². The Kier molecular flexibility index (Phi) is 5.25. The first-order valence-corrected chi connectivity index (χ1v) is 7.74. The van der Waals surface area contributed by atoms with Crippen LogP contribution in [0.3, 0.4) is 0 Å². The van der Waals surface area contributed by atoms with Gasteiger partial charge in [0.15, 0.2) is 0 Å². The molecule has 0 heterocycles. The van der Waals surface area contributed by atoms with E-state index < -0.39 is 5.60 Å². The van der Waals surface area contributed by atoms with E-state index in [2.05, 4.69) is 51.1 Å². The summed E-state index contributed by atoms with van der Waals surface area (Å²) in [6.45, 7) is 6.88. The summed E-state index contributed by atoms with van der Waals surface area (Å²) in [5.74, 6) is 0.620. The Bertz CT molecular complexity index is 470. The van der Waals surface area contributed by atoms with Crippen molar-refractivity contribution in [2.24, 2.45) is 0 Å². The highest BCUT2D eigenvalue weighted by Crippen LogP contribution is 2.39. The largest absolute Gasteiger partial charge is 0.371 e. The van der Waals surface area contributed by atoms with Gasteiger partial charge in [0.2, 0.25) is 0 Å². The molecule has 1 aromatic carbocycles. The van der Waals surface area contributed by atoms with Gasteiger partial charge in [0.1, 0.15) is 11.7 Å². The molecule has 0 fully saturated rings. The van der Waals surface area contributed by atoms with E-state index in [-0.39, 0.29) is 12.2 Å². The van der Waals surface area contributed by atoms with E-state index in [0.29, 0.717) is 12.5 Å². The molecule has 0 aromatic heterocycles. The summed E-state index contributed by atoms with van der Waals surface area (Å²) in [6.07, 6.45) is 5.12. The van der Waals surface area contributed by atoms with Crippen LogP contribution in [0.5, 0.6) is 0 Å². The van der Waals surface area contributed by atoms with Crippen LogP contribution < -0.4 is 0 Å². The first kappa shape index (κ1) is 15.6. The molecule has 0 aliphatic heterocycles. The number of rotatable bonds is 6. The number of benzene rings is 1. The summed E-state index contributed by atoms with van der Waals surface area (Å²) in [7, 11) is 0. The molecule has 0 bridgehead atoms. The quantitative estimate of drug-likeness (QED) is 0.573. The second-order valence-corrected chi connectivity index (χ2v) is 5.93. The van der Waals surface area contributed by atoms with Gasteiger partial charge in [-0.15, -0.1) is 11.6 Å². The molecule has 3 heteroatoms. The van der Waals surface area contributed by atoms with Crippen LogP contribution in [-0.2, 0) is 15.1 Å². The van der Waals surface area contributed by atoms with Crippen molar-refractivity contribution in [1.29, 1.82) is 0 Å². The Labute approximate surface area is 126 Å². The number of ether oxygens (including phenoxy) is 2. The molecule has 2 nitrogen and oxygen atoms in total. The van der Waals surface area contributed by atoms with Crippen molar-refractivity contribution < 1.29 is 9.47 Å². The summed E-state index contributed by atoms with van der Waals surface area (Å²) in [6, 6.07) is 8.34. The smallest absolute Gasteiger partial charge is 0.121 e. The first-order valence-electron chi connectivity index (χ1n) is 7.21. The van der Waals surface area contributed by atoms with Crippen LogP contribution in [0, 0.1) is 0 Å². The molecule has 1 aliphatic carbocycles. The molecule has 20 heavy (non-hydrogen) atoms. The normalized spacial score (nSPS) is 24.9. The Balaban J connectivity index is 2.29. The summed E-state index contributed by atoms with van der Waals surface area (Å²) in [5.41, 5.74) is 1.94. The lowest BCUT2D eigenvalue weighted by Crippen LogP contribution is -2.44. The third-order valence-corrected chi connectivity index (χ3v) is 3.81. The maximum absolute atomic E-state index is 6.24. The van der Waals surface area contributed by atoms with Crippen LogP contribution in [0.25, 0.3) is 6.08 Å². The van der Waals surface area contributed by atoms with Crippen molar-refractivity contribution in [2.45, 2.75) is 45.0 Å². The molecule has 0 N–H and O–H groups in total. The maximum Gasteiger partial charge on any atom is 0.121 e. The Morgan fingerprint density at radius 2 is 2.05 bits per heavy atom. The van der Waals surface area contributed by atoms with E-state index in [1.807, 2.05) is 6.07 Å². The number of fused-ring (bicyclic) bond motifs is 1. The van der Waals surface area contributed by atoms with E-state index >= 15 is 0 Å². The minimum absolute atomic E-state index is 0.0805. The minimum Gasteiger partial charge on any atom is -0.371 e. The van der Waals surface area contributed by atoms with E-state index in [9.17, 15) is 0 Å². The fourth-order valence-electron chi connectivity index (χ4n) is 2.72. The van der Waals surface area contributed by atoms with E-state index in [0.717, 1.165) is 6.42 Å². The zero-order valence-electron chi connectivity index (χ0n) is 12.4. The second-order valence-electron chi connectivity index (χ2n) is 5.55. The van der Waals surface area contributed by atoms with Gasteiger partial charge in [0.25, 0.3) is 0 Å². The molecule has 0 spiro atoms. The number of halogens is 1. The number of alkyl halides is 1. The molecule has 2 unspecified atom stereocenters. The van der Waals surface area contributed by atoms with Gasteiger partial charge in [-0.2, -0.15) is 0 Å². The molecule has 0 radical (unpaired) electrons. The average molecular weight is 295 g/mol. The summed E-state index contributed by atoms with van der Waals surface area (Å²) in [5, 5.41) is 0. The van der Waals surface area contributed by atoms with Crippen molar-refractivity contribution in [1.82, 2.24) is 0 Å². The Morgan fingerprint density at radius 3 is 2.75 bits per heavy atom. The second kappa shape index (κ2) is 6.75. The van der Waals surface area contributed by atoms with Gasteiger partial charge in [0, 0.05) is 12.5 Å². The molecular weight excluding hydrogens is 272 g/mol. The van der Waals surface area contributed by atoms with Crippen molar-refractivity contribution in [3.63, 3.8) is 0 Å². The fourth-order valence-corrected chi connectivity index (χ4v) is 2.83. The van der Waals surface area contributed by atoms with Gasteiger partial charge in [0.05, 0.1) is 6.10 Å². The Morgan fingerprint density at radius 1 is 1.30 bits per heavy atom. The summed E-state index contributed by atoms with van der Waals surface area (Å²) in [4.78, 5) is 0. The fraction of sp³-hybridized carbons (Fsp3) is 0.529. The van der Waals surface area contributed by atoms with Crippen LogP contribution in [0.2, 0.25) is 0 Å². The first-order chi connectivity index (χ1) is 9.58. The predicted molar refractivity (Wildman–Crippen MR) is 84.1 cm³/mol. The lowest BCUT2D eigenvalue weighted by Gasteiger charge is -2.41. The number of hydrogen-bond donors (Lipinski definition) is 0. The van der Waals surface area contributed by atoms with E-state index in [1.54, 1.807) is 0 Å². The molecule has 1 aliphatic rings. The third-order valence-electron chi connectivity index (χ3n) is 3.54. The molecule has 2 atom stereocenters. The van der Waals surface area contributed by atoms with Crippen LogP contribution in [0.4, 0.5) is 0 Å². The van der Waals surface area contributed by atoms with E-state index in [4.69, 9.17) is 21.1 Å². The van der Waals surface area contributed by atoms with E-state index in [1.165, 1.54) is 11.1 Å². The van der Waals surface area contributed by atoms with Crippen LogP contribution >= 0.6 is 11.6 Å². The highest BCUT2D eigenvalue weighted by Gasteiger charge is 2.40. The van der Waals surface area contributed by atoms with Gasteiger partial charge in [-0.3, -0.25) is 0 Å². The highest BCUT2D eigenvalue weighted by atomic mass is 35.5. The van der Waals surface area contributed by atoms with Crippen LogP contribution in [0.1, 0.15) is 38.3 Å². The highest BCUT2D eigenvalue weighted by molar-refractivity contribution is 6.17. The topological polar surface area (TPSA) is 18.5 Å². The lowest BCUT2D eigenvalue weighted by atomic mass is 9.82. The molecular formula is C17H23ClO2. The summed E-state index contributed by atoms with van der Waals surface area (Å²) < 4.78 is 12.2. The van der Waals surface area contributed by atoms with Crippen molar-refractivity contribution in [3.05, 3.63) is 41.5 Å². The molecule has 0 saturated heterocycles. The predicted octanol–water partition coefficient (Wildman–Crippen LogP) is 4.37.